The van der Waals surface area contributed by atoms with Gasteiger partial charge in [0.1, 0.15) is 0 Å². The molecule has 0 amide bonds. The van der Waals surface area contributed by atoms with Crippen molar-refractivity contribution in [3.8, 4) is 0 Å². The van der Waals surface area contributed by atoms with Crippen LogP contribution in [0.25, 0.3) is 0 Å². The molecule has 0 rings (SSSR count). The van der Waals surface area contributed by atoms with E-state index in [1.54, 1.807) is 0 Å². The van der Waals surface area contributed by atoms with E-state index in [4.69, 9.17) is 4.74 Å². The van der Waals surface area contributed by atoms with Gasteiger partial charge in [-0.25, -0.2) is 0 Å². The number of hydrogen-bond acceptors (Lipinski definition) is 2. The zero-order valence-electron chi connectivity index (χ0n) is 11.5. The van der Waals surface area contributed by atoms with Gasteiger partial charge >= 0.3 is 5.97 Å². The normalized spacial score (nSPS) is 10.9. The molecule has 0 saturated carbocycles. The smallest absolute Gasteiger partial charge is 0.305 e. The van der Waals surface area contributed by atoms with Crippen molar-refractivity contribution in [1.29, 1.82) is 0 Å². The lowest BCUT2D eigenvalue weighted by Crippen LogP contribution is -2.04. The summed E-state index contributed by atoms with van der Waals surface area (Å²) >= 11 is 0. The lowest BCUT2D eigenvalue weighted by Gasteiger charge is -2.02. The largest absolute Gasteiger partial charge is 0.466 e. The maximum Gasteiger partial charge on any atom is 0.305 e. The highest BCUT2D eigenvalue weighted by molar-refractivity contribution is 5.69. The molecular weight excluding hydrogens is 212 g/mol. The Hall–Kier alpha value is -0.790. The summed E-state index contributed by atoms with van der Waals surface area (Å²) in [5.74, 6) is -0.0437. The van der Waals surface area contributed by atoms with E-state index in [9.17, 15) is 4.79 Å². The van der Waals surface area contributed by atoms with Crippen molar-refractivity contribution < 1.29 is 9.53 Å². The fraction of sp³-hybridized carbons (Fsp3) is 0.800. The molecule has 0 fully saturated rings. The number of rotatable bonds is 11. The van der Waals surface area contributed by atoms with Gasteiger partial charge in [0.05, 0.1) is 6.61 Å². The van der Waals surface area contributed by atoms with Crippen LogP contribution >= 0.6 is 0 Å². The fourth-order valence-corrected chi connectivity index (χ4v) is 1.51. The van der Waals surface area contributed by atoms with Gasteiger partial charge in [-0.05, 0) is 32.1 Å². The first-order chi connectivity index (χ1) is 8.31. The van der Waals surface area contributed by atoms with Crippen molar-refractivity contribution in [2.45, 2.75) is 71.6 Å². The molecule has 0 unspecified atom stereocenters. The van der Waals surface area contributed by atoms with Crippen LogP contribution < -0.4 is 0 Å². The predicted molar refractivity (Wildman–Crippen MR) is 73.0 cm³/mol. The number of carbonyl (C=O) groups is 1. The van der Waals surface area contributed by atoms with E-state index in [-0.39, 0.29) is 5.97 Å². The molecular formula is C15H28O2. The van der Waals surface area contributed by atoms with Crippen LogP contribution in [0.2, 0.25) is 0 Å². The van der Waals surface area contributed by atoms with Gasteiger partial charge < -0.3 is 4.74 Å². The summed E-state index contributed by atoms with van der Waals surface area (Å²) in [4.78, 5) is 11.2. The molecule has 2 nitrogen and oxygen atoms in total. The van der Waals surface area contributed by atoms with Crippen molar-refractivity contribution in [3.05, 3.63) is 12.2 Å². The highest BCUT2D eigenvalue weighted by Crippen LogP contribution is 2.03. The van der Waals surface area contributed by atoms with Gasteiger partial charge in [-0.15, -0.1) is 0 Å². The van der Waals surface area contributed by atoms with Crippen LogP contribution in [0.1, 0.15) is 71.6 Å². The first kappa shape index (κ1) is 16.2. The summed E-state index contributed by atoms with van der Waals surface area (Å²) in [6.07, 6.45) is 14.0. The molecule has 0 N–H and O–H groups in total. The van der Waals surface area contributed by atoms with Gasteiger partial charge in [-0.3, -0.25) is 4.79 Å². The number of ether oxygens (including phenoxy) is 1. The Balaban J connectivity index is 3.23. The van der Waals surface area contributed by atoms with Crippen LogP contribution in [0.4, 0.5) is 0 Å². The lowest BCUT2D eigenvalue weighted by atomic mass is 10.1. The van der Waals surface area contributed by atoms with Crippen molar-refractivity contribution in [3.63, 3.8) is 0 Å². The van der Waals surface area contributed by atoms with Crippen LogP contribution in [-0.2, 0) is 9.53 Å². The van der Waals surface area contributed by atoms with E-state index in [2.05, 4.69) is 26.0 Å². The predicted octanol–water partition coefficient (Wildman–Crippen LogP) is 4.64. The highest BCUT2D eigenvalue weighted by Gasteiger charge is 2.00. The summed E-state index contributed by atoms with van der Waals surface area (Å²) in [6, 6.07) is 0. The number of esters is 1. The molecule has 0 aromatic carbocycles. The van der Waals surface area contributed by atoms with Crippen LogP contribution in [0, 0.1) is 0 Å². The van der Waals surface area contributed by atoms with Gasteiger partial charge in [-0.2, -0.15) is 0 Å². The Morgan fingerprint density at radius 1 is 0.941 bits per heavy atom. The molecule has 100 valence electrons. The Morgan fingerprint density at radius 2 is 1.59 bits per heavy atom. The number of unbranched alkanes of at least 4 members (excludes halogenated alkanes) is 5. The van der Waals surface area contributed by atoms with E-state index in [1.807, 2.05) is 0 Å². The maximum atomic E-state index is 11.2. The second kappa shape index (κ2) is 13.3. The maximum absolute atomic E-state index is 11.2. The van der Waals surface area contributed by atoms with Gasteiger partial charge in [0.2, 0.25) is 0 Å². The minimum absolute atomic E-state index is 0.0437. The molecule has 0 atom stereocenters. The number of allylic oxidation sites excluding steroid dienone is 2. The first-order valence-corrected chi connectivity index (χ1v) is 7.11. The molecule has 0 aromatic rings. The Morgan fingerprint density at radius 3 is 2.24 bits per heavy atom. The molecule has 17 heavy (non-hydrogen) atoms. The summed E-state index contributed by atoms with van der Waals surface area (Å²) in [7, 11) is 0. The Kier molecular flexibility index (Phi) is 12.7. The van der Waals surface area contributed by atoms with Gasteiger partial charge in [-0.1, -0.05) is 45.3 Å². The third kappa shape index (κ3) is 13.1. The number of carbonyl (C=O) groups excluding carboxylic acids is 1. The first-order valence-electron chi connectivity index (χ1n) is 7.11. The molecule has 0 radical (unpaired) electrons. The molecule has 0 aliphatic carbocycles. The molecule has 0 aliphatic heterocycles. The second-order valence-electron chi connectivity index (χ2n) is 4.43. The standard InChI is InChI=1S/C15H28O2/c1-3-5-7-8-9-10-11-12-13-15(16)17-14-6-4-2/h9-10H,3-8,11-14H2,1-2H3. The Bertz CT molecular complexity index is 197. The average molecular weight is 240 g/mol. The van der Waals surface area contributed by atoms with Gasteiger partial charge in [0.25, 0.3) is 0 Å². The minimum atomic E-state index is -0.0437. The summed E-state index contributed by atoms with van der Waals surface area (Å²) in [5, 5.41) is 0. The zero-order valence-corrected chi connectivity index (χ0v) is 11.5. The van der Waals surface area contributed by atoms with Crippen LogP contribution in [-0.4, -0.2) is 12.6 Å². The van der Waals surface area contributed by atoms with E-state index in [0.29, 0.717) is 13.0 Å². The van der Waals surface area contributed by atoms with Crippen LogP contribution in [0.3, 0.4) is 0 Å². The molecule has 0 bridgehead atoms. The summed E-state index contributed by atoms with van der Waals surface area (Å²) in [5.41, 5.74) is 0. The number of hydrogen-bond donors (Lipinski definition) is 0. The Labute approximate surface area is 106 Å². The van der Waals surface area contributed by atoms with Gasteiger partial charge in [0.15, 0.2) is 0 Å². The monoisotopic (exact) mass is 240 g/mol. The van der Waals surface area contributed by atoms with Crippen molar-refractivity contribution in [2.75, 3.05) is 6.61 Å². The SMILES string of the molecule is CCCCCC=CCCCC(=O)OCCCC. The molecule has 0 saturated heterocycles. The second-order valence-corrected chi connectivity index (χ2v) is 4.43. The molecule has 0 heterocycles. The zero-order chi connectivity index (χ0) is 12.8. The fourth-order valence-electron chi connectivity index (χ4n) is 1.51. The van der Waals surface area contributed by atoms with Gasteiger partial charge in [0, 0.05) is 6.42 Å². The average Bonchev–Trinajstić information content (AvgIpc) is 2.33. The third-order valence-electron chi connectivity index (χ3n) is 2.65. The molecule has 2 heteroatoms. The molecule has 0 spiro atoms. The lowest BCUT2D eigenvalue weighted by molar-refractivity contribution is -0.143. The topological polar surface area (TPSA) is 26.3 Å². The van der Waals surface area contributed by atoms with Crippen molar-refractivity contribution >= 4 is 5.97 Å². The van der Waals surface area contributed by atoms with Crippen LogP contribution in [0.5, 0.6) is 0 Å². The van der Waals surface area contributed by atoms with Crippen LogP contribution in [0.15, 0.2) is 12.2 Å². The van der Waals surface area contributed by atoms with Crippen molar-refractivity contribution in [1.82, 2.24) is 0 Å². The minimum Gasteiger partial charge on any atom is -0.466 e. The summed E-state index contributed by atoms with van der Waals surface area (Å²) in [6.45, 7) is 4.90. The van der Waals surface area contributed by atoms with E-state index in [1.165, 1.54) is 25.7 Å². The quantitative estimate of drug-likeness (QED) is 0.299. The van der Waals surface area contributed by atoms with E-state index >= 15 is 0 Å². The highest BCUT2D eigenvalue weighted by atomic mass is 16.5. The van der Waals surface area contributed by atoms with E-state index in [0.717, 1.165) is 25.7 Å². The van der Waals surface area contributed by atoms with Crippen molar-refractivity contribution in [2.24, 2.45) is 0 Å². The van der Waals surface area contributed by atoms with E-state index < -0.39 is 0 Å². The molecule has 0 aliphatic rings. The third-order valence-corrected chi connectivity index (χ3v) is 2.65. The summed E-state index contributed by atoms with van der Waals surface area (Å²) < 4.78 is 5.08. The molecule has 0 aromatic heterocycles.